The number of aryl methyl sites for hydroxylation is 1. The molecule has 0 radical (unpaired) electrons. The monoisotopic (exact) mass is 501 g/mol. The molecule has 1 aromatic heterocycles. The van der Waals surface area contributed by atoms with E-state index in [2.05, 4.69) is 15.2 Å². The lowest BCUT2D eigenvalue weighted by atomic mass is 9.76. The maximum Gasteiger partial charge on any atom is 0.351 e. The van der Waals surface area contributed by atoms with Gasteiger partial charge in [0.2, 0.25) is 0 Å². The first kappa shape index (κ1) is 26.3. The van der Waals surface area contributed by atoms with Crippen molar-refractivity contribution in [2.45, 2.75) is 39.7 Å². The molecule has 0 spiro atoms. The summed E-state index contributed by atoms with van der Waals surface area (Å²) >= 11 is 0. The third kappa shape index (κ3) is 5.80. The standard InChI is InChI=1S/C29H35N5O3/c1-6-37-28(35)23-20(3)30-27-25(24(23)21-11-8-7-9-12-21)26(31-22-15-13-19(2)14-16-22)32-29(36)34(27)18-10-17-33(4)5/h7-9,11-16,23-24H,6,10,17-18H2,1-5H3,(H,31,32,36). The number of aliphatic imine (C=N–C) groups is 1. The predicted molar refractivity (Wildman–Crippen MR) is 147 cm³/mol. The quantitative estimate of drug-likeness (QED) is 0.429. The fourth-order valence-electron chi connectivity index (χ4n) is 4.78. The van der Waals surface area contributed by atoms with E-state index < -0.39 is 11.8 Å². The molecule has 2 heterocycles. The fourth-order valence-corrected chi connectivity index (χ4v) is 4.78. The molecule has 37 heavy (non-hydrogen) atoms. The van der Waals surface area contributed by atoms with Crippen molar-refractivity contribution in [3.63, 3.8) is 0 Å². The van der Waals surface area contributed by atoms with E-state index in [0.717, 1.165) is 35.3 Å². The Morgan fingerprint density at radius 3 is 2.43 bits per heavy atom. The molecule has 3 aromatic rings. The van der Waals surface area contributed by atoms with Crippen LogP contribution >= 0.6 is 0 Å². The number of carbonyl (C=O) groups is 1. The smallest absolute Gasteiger partial charge is 0.351 e. The summed E-state index contributed by atoms with van der Waals surface area (Å²) in [5, 5.41) is 3.35. The van der Waals surface area contributed by atoms with Crippen LogP contribution in [0.4, 0.5) is 17.3 Å². The second-order valence-corrected chi connectivity index (χ2v) is 9.65. The van der Waals surface area contributed by atoms with Crippen molar-refractivity contribution in [3.05, 3.63) is 81.8 Å². The Labute approximate surface area is 218 Å². The van der Waals surface area contributed by atoms with E-state index >= 15 is 0 Å². The summed E-state index contributed by atoms with van der Waals surface area (Å²) in [5.41, 5.74) is 3.83. The minimum absolute atomic E-state index is 0.272. The zero-order chi connectivity index (χ0) is 26.5. The van der Waals surface area contributed by atoms with Gasteiger partial charge in [0.1, 0.15) is 17.6 Å². The molecule has 0 saturated carbocycles. The number of ether oxygens (including phenoxy) is 1. The third-order valence-corrected chi connectivity index (χ3v) is 6.57. The van der Waals surface area contributed by atoms with Crippen LogP contribution in [0.2, 0.25) is 0 Å². The first-order chi connectivity index (χ1) is 17.8. The highest BCUT2D eigenvalue weighted by molar-refractivity contribution is 6.05. The molecule has 1 aliphatic heterocycles. The Balaban J connectivity index is 1.95. The molecule has 1 aliphatic rings. The van der Waals surface area contributed by atoms with Crippen LogP contribution in [0.15, 0.2) is 64.4 Å². The average Bonchev–Trinajstić information content (AvgIpc) is 2.87. The summed E-state index contributed by atoms with van der Waals surface area (Å²) in [6, 6.07) is 17.7. The highest BCUT2D eigenvalue weighted by Crippen LogP contribution is 2.45. The van der Waals surface area contributed by atoms with E-state index in [4.69, 9.17) is 9.73 Å². The molecular formula is C29H35N5O3. The van der Waals surface area contributed by atoms with E-state index in [1.165, 1.54) is 0 Å². The number of hydrogen-bond acceptors (Lipinski definition) is 7. The number of carbonyl (C=O) groups excluding carboxylic acids is 1. The van der Waals surface area contributed by atoms with Crippen molar-refractivity contribution in [2.24, 2.45) is 10.9 Å². The molecule has 2 unspecified atom stereocenters. The van der Waals surface area contributed by atoms with Gasteiger partial charge >= 0.3 is 11.7 Å². The number of hydrogen-bond donors (Lipinski definition) is 1. The lowest BCUT2D eigenvalue weighted by Crippen LogP contribution is -2.37. The Kier molecular flexibility index (Phi) is 8.18. The maximum atomic E-state index is 13.3. The van der Waals surface area contributed by atoms with Crippen molar-refractivity contribution in [1.29, 1.82) is 0 Å². The number of aromatic nitrogens is 2. The molecular weight excluding hydrogens is 466 g/mol. The molecule has 0 saturated heterocycles. The van der Waals surface area contributed by atoms with Crippen molar-refractivity contribution in [1.82, 2.24) is 14.5 Å². The van der Waals surface area contributed by atoms with Crippen LogP contribution < -0.4 is 11.0 Å². The van der Waals surface area contributed by atoms with Gasteiger partial charge in [-0.1, -0.05) is 48.0 Å². The minimum Gasteiger partial charge on any atom is -0.465 e. The van der Waals surface area contributed by atoms with E-state index in [-0.39, 0.29) is 18.3 Å². The molecule has 0 bridgehead atoms. The van der Waals surface area contributed by atoms with Crippen LogP contribution in [0, 0.1) is 12.8 Å². The van der Waals surface area contributed by atoms with Gasteiger partial charge in [-0.25, -0.2) is 9.79 Å². The summed E-state index contributed by atoms with van der Waals surface area (Å²) in [4.78, 5) is 38.1. The molecule has 0 fully saturated rings. The molecule has 1 N–H and O–H groups in total. The first-order valence-electron chi connectivity index (χ1n) is 12.7. The van der Waals surface area contributed by atoms with Crippen LogP contribution in [-0.2, 0) is 16.1 Å². The molecule has 8 nitrogen and oxygen atoms in total. The summed E-state index contributed by atoms with van der Waals surface area (Å²) in [6.07, 6.45) is 0.762. The normalized spacial score (nSPS) is 16.8. The zero-order valence-electron chi connectivity index (χ0n) is 22.2. The minimum atomic E-state index is -0.636. The molecule has 2 aromatic carbocycles. The second-order valence-electron chi connectivity index (χ2n) is 9.65. The Morgan fingerprint density at radius 2 is 1.78 bits per heavy atom. The summed E-state index contributed by atoms with van der Waals surface area (Å²) < 4.78 is 7.14. The number of esters is 1. The Hall–Kier alpha value is -3.78. The van der Waals surface area contributed by atoms with Crippen LogP contribution in [0.1, 0.15) is 42.9 Å². The second kappa shape index (κ2) is 11.5. The van der Waals surface area contributed by atoms with E-state index in [1.807, 2.05) is 82.5 Å². The van der Waals surface area contributed by atoms with Gasteiger partial charge in [-0.3, -0.25) is 9.36 Å². The van der Waals surface area contributed by atoms with Crippen molar-refractivity contribution in [3.8, 4) is 0 Å². The van der Waals surface area contributed by atoms with Crippen LogP contribution in [0.5, 0.6) is 0 Å². The maximum absolute atomic E-state index is 13.3. The van der Waals surface area contributed by atoms with E-state index in [9.17, 15) is 9.59 Å². The average molecular weight is 502 g/mol. The van der Waals surface area contributed by atoms with Crippen molar-refractivity contribution < 1.29 is 9.53 Å². The van der Waals surface area contributed by atoms with Gasteiger partial charge in [-0.15, -0.1) is 0 Å². The Morgan fingerprint density at radius 1 is 1.08 bits per heavy atom. The van der Waals surface area contributed by atoms with Gasteiger partial charge in [-0.2, -0.15) is 4.98 Å². The van der Waals surface area contributed by atoms with Gasteiger partial charge in [0.15, 0.2) is 0 Å². The number of anilines is 2. The van der Waals surface area contributed by atoms with Gasteiger partial charge in [0, 0.05) is 29.4 Å². The summed E-state index contributed by atoms with van der Waals surface area (Å²) in [5.74, 6) is -0.445. The van der Waals surface area contributed by atoms with E-state index in [1.54, 1.807) is 11.5 Å². The van der Waals surface area contributed by atoms with Gasteiger partial charge in [0.05, 0.1) is 6.61 Å². The fraction of sp³-hybridized carbons (Fsp3) is 0.379. The molecule has 194 valence electrons. The van der Waals surface area contributed by atoms with Crippen LogP contribution in [-0.4, -0.2) is 53.4 Å². The Bertz CT molecular complexity index is 1330. The lowest BCUT2D eigenvalue weighted by Gasteiger charge is -2.33. The van der Waals surface area contributed by atoms with E-state index in [0.29, 0.717) is 23.9 Å². The topological polar surface area (TPSA) is 88.8 Å². The molecule has 4 rings (SSSR count). The highest BCUT2D eigenvalue weighted by Gasteiger charge is 2.41. The number of fused-ring (bicyclic) bond motifs is 1. The first-order valence-corrected chi connectivity index (χ1v) is 12.7. The summed E-state index contributed by atoms with van der Waals surface area (Å²) in [6.45, 7) is 7.22. The molecule has 8 heteroatoms. The van der Waals surface area contributed by atoms with Crippen LogP contribution in [0.25, 0.3) is 0 Å². The predicted octanol–water partition coefficient (Wildman–Crippen LogP) is 4.66. The number of benzene rings is 2. The zero-order valence-corrected chi connectivity index (χ0v) is 22.2. The molecule has 2 atom stereocenters. The van der Waals surface area contributed by atoms with Crippen molar-refractivity contribution in [2.75, 3.05) is 32.6 Å². The van der Waals surface area contributed by atoms with Gasteiger partial charge in [0.25, 0.3) is 0 Å². The van der Waals surface area contributed by atoms with Crippen molar-refractivity contribution >= 4 is 29.0 Å². The SMILES string of the molecule is CCOC(=O)C1C(C)=Nc2c(c(Nc3ccc(C)cc3)nc(=O)n2CCCN(C)C)C1c1ccccc1. The number of nitrogens with one attached hydrogen (secondary N) is 1. The summed E-state index contributed by atoms with van der Waals surface area (Å²) in [7, 11) is 4.01. The molecule has 0 amide bonds. The lowest BCUT2D eigenvalue weighted by molar-refractivity contribution is -0.146. The largest absolute Gasteiger partial charge is 0.465 e. The number of rotatable bonds is 9. The third-order valence-electron chi connectivity index (χ3n) is 6.57. The van der Waals surface area contributed by atoms with Crippen LogP contribution in [0.3, 0.4) is 0 Å². The number of nitrogens with zero attached hydrogens (tertiary/aromatic N) is 4. The van der Waals surface area contributed by atoms with Gasteiger partial charge in [-0.05, 0) is 65.5 Å². The van der Waals surface area contributed by atoms with Gasteiger partial charge < -0.3 is 15.0 Å². The molecule has 0 aliphatic carbocycles. The highest BCUT2D eigenvalue weighted by atomic mass is 16.5.